The van der Waals surface area contributed by atoms with E-state index >= 15 is 0 Å². The van der Waals surface area contributed by atoms with Crippen LogP contribution in [0.25, 0.3) is 0 Å². The second-order valence-corrected chi connectivity index (χ2v) is 5.23. The zero-order valence-electron chi connectivity index (χ0n) is 13.9. The Bertz CT molecular complexity index is 410. The molecule has 4 heteroatoms. The molecule has 0 saturated carbocycles. The Morgan fingerprint density at radius 1 is 1.29 bits per heavy atom. The standard InChI is InChI=1S/C17H30N2O2/c1-5-14(4)18-13-15-8-9-16(17(12-15)21-7-3)19(6-2)10-11-20/h8-9,12,14,18,20H,5-7,10-11,13H2,1-4H3. The predicted molar refractivity (Wildman–Crippen MR) is 89.2 cm³/mol. The van der Waals surface area contributed by atoms with E-state index in [4.69, 9.17) is 4.74 Å². The molecule has 0 aromatic heterocycles. The Morgan fingerprint density at radius 3 is 2.62 bits per heavy atom. The average Bonchev–Trinajstić information content (AvgIpc) is 2.51. The predicted octanol–water partition coefficient (Wildman–Crippen LogP) is 2.79. The van der Waals surface area contributed by atoms with Crippen LogP contribution in [0.5, 0.6) is 5.75 Å². The molecule has 0 aliphatic rings. The molecule has 1 aromatic carbocycles. The first kappa shape index (κ1) is 17.8. The summed E-state index contributed by atoms with van der Waals surface area (Å²) in [5, 5.41) is 12.7. The minimum Gasteiger partial charge on any atom is -0.492 e. The van der Waals surface area contributed by atoms with Gasteiger partial charge in [0, 0.05) is 25.7 Å². The molecule has 0 fully saturated rings. The van der Waals surface area contributed by atoms with Crippen LogP contribution in [0.4, 0.5) is 5.69 Å². The van der Waals surface area contributed by atoms with E-state index in [9.17, 15) is 5.11 Å². The molecule has 2 N–H and O–H groups in total. The maximum Gasteiger partial charge on any atom is 0.142 e. The first-order valence-electron chi connectivity index (χ1n) is 8.01. The first-order valence-corrected chi connectivity index (χ1v) is 8.01. The lowest BCUT2D eigenvalue weighted by molar-refractivity contribution is 0.300. The van der Waals surface area contributed by atoms with Gasteiger partial charge in [0.15, 0.2) is 0 Å². The molecule has 4 nitrogen and oxygen atoms in total. The summed E-state index contributed by atoms with van der Waals surface area (Å²) in [4.78, 5) is 2.14. The second kappa shape index (κ2) is 9.64. The van der Waals surface area contributed by atoms with Gasteiger partial charge in [-0.25, -0.2) is 0 Å². The van der Waals surface area contributed by atoms with Gasteiger partial charge in [0.1, 0.15) is 5.75 Å². The molecule has 0 saturated heterocycles. The summed E-state index contributed by atoms with van der Waals surface area (Å²) in [7, 11) is 0. The number of hydrogen-bond acceptors (Lipinski definition) is 4. The van der Waals surface area contributed by atoms with Crippen LogP contribution in [0, 0.1) is 0 Å². The molecule has 1 atom stereocenters. The van der Waals surface area contributed by atoms with Gasteiger partial charge in [-0.05, 0) is 44.9 Å². The molecule has 1 aromatic rings. The van der Waals surface area contributed by atoms with Crippen molar-refractivity contribution in [1.82, 2.24) is 5.32 Å². The highest BCUT2D eigenvalue weighted by Crippen LogP contribution is 2.29. The molecule has 0 radical (unpaired) electrons. The third-order valence-corrected chi connectivity index (χ3v) is 3.68. The molecular formula is C17H30N2O2. The molecule has 0 heterocycles. The van der Waals surface area contributed by atoms with Crippen molar-refractivity contribution in [3.63, 3.8) is 0 Å². The minimum atomic E-state index is 0.150. The molecule has 120 valence electrons. The minimum absolute atomic E-state index is 0.150. The van der Waals surface area contributed by atoms with Crippen LogP contribution in [-0.2, 0) is 6.54 Å². The number of benzene rings is 1. The van der Waals surface area contributed by atoms with Crippen molar-refractivity contribution in [3.8, 4) is 5.75 Å². The zero-order valence-corrected chi connectivity index (χ0v) is 13.9. The van der Waals surface area contributed by atoms with Crippen LogP contribution in [-0.4, -0.2) is 37.5 Å². The molecule has 0 aliphatic heterocycles. The van der Waals surface area contributed by atoms with Crippen LogP contribution in [0.2, 0.25) is 0 Å². The van der Waals surface area contributed by atoms with Crippen molar-refractivity contribution >= 4 is 5.69 Å². The normalized spacial score (nSPS) is 12.2. The van der Waals surface area contributed by atoms with E-state index in [-0.39, 0.29) is 6.61 Å². The second-order valence-electron chi connectivity index (χ2n) is 5.23. The Morgan fingerprint density at radius 2 is 2.05 bits per heavy atom. The Hall–Kier alpha value is -1.26. The Kier molecular flexibility index (Phi) is 8.16. The van der Waals surface area contributed by atoms with Gasteiger partial charge in [-0.3, -0.25) is 0 Å². The summed E-state index contributed by atoms with van der Waals surface area (Å²) >= 11 is 0. The van der Waals surface area contributed by atoms with Gasteiger partial charge in [-0.2, -0.15) is 0 Å². The number of aliphatic hydroxyl groups is 1. The Labute approximate surface area is 129 Å². The average molecular weight is 294 g/mol. The van der Waals surface area contributed by atoms with Gasteiger partial charge in [0.05, 0.1) is 18.9 Å². The van der Waals surface area contributed by atoms with Crippen LogP contribution >= 0.6 is 0 Å². The third kappa shape index (κ3) is 5.56. The van der Waals surface area contributed by atoms with E-state index in [0.717, 1.165) is 30.9 Å². The topological polar surface area (TPSA) is 44.7 Å². The lowest BCUT2D eigenvalue weighted by atomic mass is 10.1. The van der Waals surface area contributed by atoms with Crippen molar-refractivity contribution in [2.45, 2.75) is 46.7 Å². The van der Waals surface area contributed by atoms with Gasteiger partial charge >= 0.3 is 0 Å². The fourth-order valence-corrected chi connectivity index (χ4v) is 2.21. The van der Waals surface area contributed by atoms with Gasteiger partial charge < -0.3 is 20.1 Å². The smallest absolute Gasteiger partial charge is 0.142 e. The number of likely N-dealkylation sites (N-methyl/N-ethyl adjacent to an activating group) is 1. The van der Waals surface area contributed by atoms with Crippen LogP contribution in [0.1, 0.15) is 39.7 Å². The van der Waals surface area contributed by atoms with Crippen molar-refractivity contribution in [1.29, 1.82) is 0 Å². The van der Waals surface area contributed by atoms with Crippen LogP contribution < -0.4 is 15.0 Å². The highest BCUT2D eigenvalue weighted by Gasteiger charge is 2.11. The van der Waals surface area contributed by atoms with E-state index in [1.165, 1.54) is 5.56 Å². The largest absolute Gasteiger partial charge is 0.492 e. The third-order valence-electron chi connectivity index (χ3n) is 3.68. The number of rotatable bonds is 10. The van der Waals surface area contributed by atoms with Gasteiger partial charge in [0.2, 0.25) is 0 Å². The summed E-state index contributed by atoms with van der Waals surface area (Å²) in [5.41, 5.74) is 2.28. The highest BCUT2D eigenvalue weighted by atomic mass is 16.5. The molecule has 0 amide bonds. The number of anilines is 1. The number of ether oxygens (including phenoxy) is 1. The van der Waals surface area contributed by atoms with E-state index in [0.29, 0.717) is 19.2 Å². The monoisotopic (exact) mass is 294 g/mol. The summed E-state index contributed by atoms with van der Waals surface area (Å²) < 4.78 is 5.79. The van der Waals surface area contributed by atoms with E-state index in [1.54, 1.807) is 0 Å². The van der Waals surface area contributed by atoms with Crippen molar-refractivity contribution in [2.24, 2.45) is 0 Å². The van der Waals surface area contributed by atoms with Crippen LogP contribution in [0.15, 0.2) is 18.2 Å². The lowest BCUT2D eigenvalue weighted by Gasteiger charge is -2.25. The first-order chi connectivity index (χ1) is 10.2. The van der Waals surface area contributed by atoms with Gasteiger partial charge in [0.25, 0.3) is 0 Å². The summed E-state index contributed by atoms with van der Waals surface area (Å²) in [6.45, 7) is 11.6. The SMILES string of the molecule is CCOc1cc(CNC(C)CC)ccc1N(CC)CCO. The maximum atomic E-state index is 9.18. The van der Waals surface area contributed by atoms with Crippen molar-refractivity contribution in [3.05, 3.63) is 23.8 Å². The van der Waals surface area contributed by atoms with E-state index in [2.05, 4.69) is 49.2 Å². The molecule has 0 spiro atoms. The van der Waals surface area contributed by atoms with Gasteiger partial charge in [-0.1, -0.05) is 13.0 Å². The number of aliphatic hydroxyl groups excluding tert-OH is 1. The molecule has 1 unspecified atom stereocenters. The Balaban J connectivity index is 2.89. The fraction of sp³-hybridized carbons (Fsp3) is 0.647. The maximum absolute atomic E-state index is 9.18. The number of nitrogens with zero attached hydrogens (tertiary/aromatic N) is 1. The molecular weight excluding hydrogens is 264 g/mol. The number of nitrogens with one attached hydrogen (secondary N) is 1. The zero-order chi connectivity index (χ0) is 15.7. The lowest BCUT2D eigenvalue weighted by Crippen LogP contribution is -2.27. The summed E-state index contributed by atoms with van der Waals surface area (Å²) in [6, 6.07) is 6.85. The molecule has 0 bridgehead atoms. The summed E-state index contributed by atoms with van der Waals surface area (Å²) in [6.07, 6.45) is 1.12. The fourth-order valence-electron chi connectivity index (χ4n) is 2.21. The van der Waals surface area contributed by atoms with Gasteiger partial charge in [-0.15, -0.1) is 0 Å². The molecule has 21 heavy (non-hydrogen) atoms. The van der Waals surface area contributed by atoms with Crippen molar-refractivity contribution in [2.75, 3.05) is 31.2 Å². The quantitative estimate of drug-likeness (QED) is 0.696. The van der Waals surface area contributed by atoms with E-state index < -0.39 is 0 Å². The number of hydrogen-bond donors (Lipinski definition) is 2. The van der Waals surface area contributed by atoms with Crippen LogP contribution in [0.3, 0.4) is 0 Å². The highest BCUT2D eigenvalue weighted by molar-refractivity contribution is 5.59. The van der Waals surface area contributed by atoms with Crippen molar-refractivity contribution < 1.29 is 9.84 Å². The molecule has 0 aliphatic carbocycles. The summed E-state index contributed by atoms with van der Waals surface area (Å²) in [5.74, 6) is 0.899. The van der Waals surface area contributed by atoms with E-state index in [1.807, 2.05) is 6.92 Å². The molecule has 1 rings (SSSR count).